The van der Waals surface area contributed by atoms with Gasteiger partial charge < -0.3 is 14.8 Å². The number of aryl methyl sites for hydroxylation is 2. The Balaban J connectivity index is 0.000000861. The Bertz CT molecular complexity index is 585. The standard InChI is InChI=1S/C13H15NO3.C2H6/c1-8-9(6-7-12(16)17)10-4-3-5-11(15)13(10)14(8)2;1-2/h3-5,15H,6-7H2,1-2H3,(H,16,17);1-2H3. The van der Waals surface area contributed by atoms with Gasteiger partial charge in [-0.05, 0) is 25.0 Å². The summed E-state index contributed by atoms with van der Waals surface area (Å²) in [5, 5.41) is 19.5. The maximum Gasteiger partial charge on any atom is 0.303 e. The summed E-state index contributed by atoms with van der Waals surface area (Å²) >= 11 is 0. The average molecular weight is 263 g/mol. The first-order chi connectivity index (χ1) is 9.02. The van der Waals surface area contributed by atoms with Crippen molar-refractivity contribution in [1.82, 2.24) is 4.57 Å². The van der Waals surface area contributed by atoms with Gasteiger partial charge in [-0.25, -0.2) is 0 Å². The Morgan fingerprint density at radius 1 is 1.32 bits per heavy atom. The van der Waals surface area contributed by atoms with Gasteiger partial charge in [-0.1, -0.05) is 26.0 Å². The lowest BCUT2D eigenvalue weighted by Crippen LogP contribution is -1.99. The van der Waals surface area contributed by atoms with Crippen LogP contribution in [0.2, 0.25) is 0 Å². The molecule has 2 aromatic rings. The van der Waals surface area contributed by atoms with Crippen LogP contribution in [0.15, 0.2) is 18.2 Å². The van der Waals surface area contributed by atoms with E-state index in [-0.39, 0.29) is 12.2 Å². The van der Waals surface area contributed by atoms with Gasteiger partial charge in [0.2, 0.25) is 0 Å². The van der Waals surface area contributed by atoms with Gasteiger partial charge in [0.25, 0.3) is 0 Å². The number of benzene rings is 1. The number of carbonyl (C=O) groups is 1. The Labute approximate surface area is 113 Å². The first kappa shape index (κ1) is 15.1. The number of para-hydroxylation sites is 1. The summed E-state index contributed by atoms with van der Waals surface area (Å²) in [6.07, 6.45) is 0.595. The van der Waals surface area contributed by atoms with Crippen molar-refractivity contribution in [2.45, 2.75) is 33.6 Å². The molecule has 104 valence electrons. The zero-order valence-corrected chi connectivity index (χ0v) is 11.9. The molecule has 0 radical (unpaired) electrons. The number of aromatic hydroxyl groups is 1. The third-order valence-electron chi connectivity index (χ3n) is 3.20. The number of nitrogens with zero attached hydrogens (tertiary/aromatic N) is 1. The first-order valence-corrected chi connectivity index (χ1v) is 6.50. The zero-order valence-electron chi connectivity index (χ0n) is 11.9. The van der Waals surface area contributed by atoms with Gasteiger partial charge >= 0.3 is 5.97 Å². The van der Waals surface area contributed by atoms with Crippen molar-refractivity contribution < 1.29 is 15.0 Å². The SMILES string of the molecule is CC.Cc1c(CCC(=O)O)c2cccc(O)c2n1C. The highest BCUT2D eigenvalue weighted by Crippen LogP contribution is 2.31. The average Bonchev–Trinajstić information content (AvgIpc) is 2.63. The van der Waals surface area contributed by atoms with Crippen molar-refractivity contribution in [3.8, 4) is 5.75 Å². The van der Waals surface area contributed by atoms with Crippen LogP contribution in [0.5, 0.6) is 5.75 Å². The molecule has 0 aliphatic rings. The number of hydrogen-bond donors (Lipinski definition) is 2. The molecule has 1 aromatic heterocycles. The molecule has 1 aromatic carbocycles. The summed E-state index contributed by atoms with van der Waals surface area (Å²) in [6, 6.07) is 5.34. The molecular formula is C15H21NO3. The second-order valence-electron chi connectivity index (χ2n) is 4.19. The molecule has 0 amide bonds. The number of fused-ring (bicyclic) bond motifs is 1. The molecule has 0 aliphatic carbocycles. The molecule has 0 spiro atoms. The normalized spacial score (nSPS) is 10.1. The summed E-state index contributed by atoms with van der Waals surface area (Å²) < 4.78 is 1.90. The molecule has 1 heterocycles. The van der Waals surface area contributed by atoms with E-state index in [4.69, 9.17) is 5.11 Å². The van der Waals surface area contributed by atoms with Gasteiger partial charge in [0.05, 0.1) is 5.52 Å². The van der Waals surface area contributed by atoms with E-state index in [0.717, 1.165) is 22.2 Å². The number of rotatable bonds is 3. The second kappa shape index (κ2) is 6.27. The topological polar surface area (TPSA) is 62.5 Å². The summed E-state index contributed by atoms with van der Waals surface area (Å²) in [6.45, 7) is 5.94. The zero-order chi connectivity index (χ0) is 14.6. The van der Waals surface area contributed by atoms with Crippen molar-refractivity contribution >= 4 is 16.9 Å². The van der Waals surface area contributed by atoms with Crippen molar-refractivity contribution in [2.24, 2.45) is 7.05 Å². The number of carboxylic acid groups (broad SMARTS) is 1. The van der Waals surface area contributed by atoms with E-state index in [0.29, 0.717) is 6.42 Å². The quantitative estimate of drug-likeness (QED) is 0.893. The summed E-state index contributed by atoms with van der Waals surface area (Å²) in [5.41, 5.74) is 2.77. The second-order valence-corrected chi connectivity index (χ2v) is 4.19. The van der Waals surface area contributed by atoms with E-state index in [1.165, 1.54) is 0 Å². The fraction of sp³-hybridized carbons (Fsp3) is 0.400. The number of phenolic OH excluding ortho intramolecular Hbond substituents is 1. The summed E-state index contributed by atoms with van der Waals surface area (Å²) in [7, 11) is 1.88. The smallest absolute Gasteiger partial charge is 0.303 e. The molecule has 0 unspecified atom stereocenters. The minimum absolute atomic E-state index is 0.107. The fourth-order valence-corrected chi connectivity index (χ4v) is 2.24. The Morgan fingerprint density at radius 2 is 1.95 bits per heavy atom. The molecule has 4 nitrogen and oxygen atoms in total. The van der Waals surface area contributed by atoms with Gasteiger partial charge in [0, 0.05) is 24.5 Å². The van der Waals surface area contributed by atoms with Crippen LogP contribution in [-0.4, -0.2) is 20.7 Å². The van der Waals surface area contributed by atoms with Gasteiger partial charge in [0.1, 0.15) is 5.75 Å². The lowest BCUT2D eigenvalue weighted by molar-refractivity contribution is -0.136. The van der Waals surface area contributed by atoms with E-state index >= 15 is 0 Å². The van der Waals surface area contributed by atoms with Crippen LogP contribution in [0, 0.1) is 6.92 Å². The highest BCUT2D eigenvalue weighted by molar-refractivity contribution is 5.90. The van der Waals surface area contributed by atoms with Crippen LogP contribution >= 0.6 is 0 Å². The Kier molecular flexibility index (Phi) is 4.98. The molecule has 2 N–H and O–H groups in total. The maximum atomic E-state index is 10.6. The predicted molar refractivity (Wildman–Crippen MR) is 76.6 cm³/mol. The van der Waals surface area contributed by atoms with Crippen LogP contribution in [0.1, 0.15) is 31.5 Å². The van der Waals surface area contributed by atoms with E-state index in [9.17, 15) is 9.90 Å². The highest BCUT2D eigenvalue weighted by atomic mass is 16.4. The number of phenols is 1. The maximum absolute atomic E-state index is 10.6. The Morgan fingerprint density at radius 3 is 2.53 bits per heavy atom. The largest absolute Gasteiger partial charge is 0.506 e. The van der Waals surface area contributed by atoms with E-state index < -0.39 is 5.97 Å². The van der Waals surface area contributed by atoms with E-state index in [1.54, 1.807) is 12.1 Å². The molecule has 19 heavy (non-hydrogen) atoms. The monoisotopic (exact) mass is 263 g/mol. The number of aromatic nitrogens is 1. The fourth-order valence-electron chi connectivity index (χ4n) is 2.24. The van der Waals surface area contributed by atoms with Gasteiger partial charge in [-0.15, -0.1) is 0 Å². The lowest BCUT2D eigenvalue weighted by atomic mass is 10.1. The molecule has 0 saturated heterocycles. The van der Waals surface area contributed by atoms with Gasteiger partial charge in [0.15, 0.2) is 0 Å². The third-order valence-corrected chi connectivity index (χ3v) is 3.20. The minimum Gasteiger partial charge on any atom is -0.506 e. The third kappa shape index (κ3) is 2.89. The summed E-state index contributed by atoms with van der Waals surface area (Å²) in [4.78, 5) is 10.6. The van der Waals surface area contributed by atoms with E-state index in [2.05, 4.69) is 0 Å². The van der Waals surface area contributed by atoms with Crippen LogP contribution in [0.25, 0.3) is 10.9 Å². The van der Waals surface area contributed by atoms with Crippen molar-refractivity contribution in [3.63, 3.8) is 0 Å². The van der Waals surface area contributed by atoms with Crippen molar-refractivity contribution in [1.29, 1.82) is 0 Å². The molecule has 0 fully saturated rings. The van der Waals surface area contributed by atoms with Crippen LogP contribution < -0.4 is 0 Å². The minimum atomic E-state index is -0.804. The highest BCUT2D eigenvalue weighted by Gasteiger charge is 2.14. The molecular weight excluding hydrogens is 242 g/mol. The van der Waals surface area contributed by atoms with Crippen LogP contribution in [0.4, 0.5) is 0 Å². The summed E-state index contributed by atoms with van der Waals surface area (Å²) in [5.74, 6) is -0.573. The van der Waals surface area contributed by atoms with Crippen molar-refractivity contribution in [3.05, 3.63) is 29.5 Å². The molecule has 0 saturated carbocycles. The number of aliphatic carboxylic acids is 1. The van der Waals surface area contributed by atoms with Crippen molar-refractivity contribution in [2.75, 3.05) is 0 Å². The van der Waals surface area contributed by atoms with E-state index in [1.807, 2.05) is 38.5 Å². The van der Waals surface area contributed by atoms with Crippen LogP contribution in [0.3, 0.4) is 0 Å². The molecule has 0 bridgehead atoms. The molecule has 0 aliphatic heterocycles. The lowest BCUT2D eigenvalue weighted by Gasteiger charge is -2.00. The first-order valence-electron chi connectivity index (χ1n) is 6.50. The molecule has 4 heteroatoms. The number of carboxylic acids is 1. The molecule has 2 rings (SSSR count). The van der Waals surface area contributed by atoms with Gasteiger partial charge in [-0.2, -0.15) is 0 Å². The van der Waals surface area contributed by atoms with Crippen LogP contribution in [-0.2, 0) is 18.3 Å². The Hall–Kier alpha value is -1.97. The molecule has 0 atom stereocenters. The predicted octanol–water partition coefficient (Wildman–Crippen LogP) is 3.24. The van der Waals surface area contributed by atoms with Gasteiger partial charge in [-0.3, -0.25) is 4.79 Å². The number of hydrogen-bond acceptors (Lipinski definition) is 2.